The highest BCUT2D eigenvalue weighted by atomic mass is 16.3. The zero-order chi connectivity index (χ0) is 18.4. The van der Waals surface area contributed by atoms with Crippen molar-refractivity contribution >= 4 is 5.91 Å². The van der Waals surface area contributed by atoms with Crippen molar-refractivity contribution in [3.05, 3.63) is 95.9 Å². The van der Waals surface area contributed by atoms with Crippen LogP contribution in [0.25, 0.3) is 0 Å². The molecule has 0 spiro atoms. The van der Waals surface area contributed by atoms with E-state index in [0.717, 1.165) is 16.9 Å². The van der Waals surface area contributed by atoms with E-state index in [4.69, 9.17) is 4.42 Å². The van der Waals surface area contributed by atoms with Crippen molar-refractivity contribution in [1.29, 1.82) is 0 Å². The van der Waals surface area contributed by atoms with Gasteiger partial charge in [0.15, 0.2) is 0 Å². The van der Waals surface area contributed by atoms with Gasteiger partial charge in [-0.1, -0.05) is 60.7 Å². The van der Waals surface area contributed by atoms with Crippen molar-refractivity contribution in [2.24, 2.45) is 0 Å². The maximum Gasteiger partial charge on any atom is 0.236 e. The summed E-state index contributed by atoms with van der Waals surface area (Å²) in [6.07, 6.45) is 1.65. The molecule has 0 aliphatic carbocycles. The van der Waals surface area contributed by atoms with Gasteiger partial charge in [0.1, 0.15) is 5.76 Å². The van der Waals surface area contributed by atoms with Crippen molar-refractivity contribution in [3.8, 4) is 0 Å². The third kappa shape index (κ3) is 4.21. The fraction of sp³-hybridized carbons (Fsp3) is 0.227. The molecule has 1 amide bonds. The Morgan fingerprint density at radius 3 is 2.15 bits per heavy atom. The SMILES string of the molecule is C[C@H](c1ccccc1)N(C)C(=O)CN[C@@H](c1ccccc1)c1ccco1. The van der Waals surface area contributed by atoms with Gasteiger partial charge in [0.25, 0.3) is 0 Å². The van der Waals surface area contributed by atoms with E-state index in [1.807, 2.05) is 86.8 Å². The second-order valence-electron chi connectivity index (χ2n) is 6.33. The maximum atomic E-state index is 12.7. The number of carbonyl (C=O) groups is 1. The van der Waals surface area contributed by atoms with Gasteiger partial charge >= 0.3 is 0 Å². The Morgan fingerprint density at radius 2 is 1.58 bits per heavy atom. The molecule has 134 valence electrons. The molecule has 0 bridgehead atoms. The predicted molar refractivity (Wildman–Crippen MR) is 103 cm³/mol. The first-order chi connectivity index (χ1) is 12.7. The number of benzene rings is 2. The molecule has 0 radical (unpaired) electrons. The zero-order valence-corrected chi connectivity index (χ0v) is 15.1. The highest BCUT2D eigenvalue weighted by Crippen LogP contribution is 2.23. The van der Waals surface area contributed by atoms with Crippen LogP contribution < -0.4 is 5.32 Å². The van der Waals surface area contributed by atoms with Crippen LogP contribution in [0.2, 0.25) is 0 Å². The summed E-state index contributed by atoms with van der Waals surface area (Å²) in [5.41, 5.74) is 2.18. The molecule has 3 rings (SSSR count). The minimum absolute atomic E-state index is 0.0179. The molecule has 0 unspecified atom stereocenters. The van der Waals surface area contributed by atoms with E-state index in [-0.39, 0.29) is 24.5 Å². The minimum atomic E-state index is -0.157. The van der Waals surface area contributed by atoms with Crippen molar-refractivity contribution in [2.75, 3.05) is 13.6 Å². The molecule has 3 aromatic rings. The molecule has 0 fully saturated rings. The Bertz CT molecular complexity index is 801. The van der Waals surface area contributed by atoms with E-state index in [0.29, 0.717) is 0 Å². The van der Waals surface area contributed by atoms with Gasteiger partial charge in [-0.2, -0.15) is 0 Å². The first-order valence-corrected chi connectivity index (χ1v) is 8.79. The van der Waals surface area contributed by atoms with Gasteiger partial charge < -0.3 is 9.32 Å². The normalized spacial score (nSPS) is 13.2. The van der Waals surface area contributed by atoms with Crippen LogP contribution in [0.4, 0.5) is 0 Å². The molecule has 1 heterocycles. The summed E-state index contributed by atoms with van der Waals surface area (Å²) in [5.74, 6) is 0.830. The van der Waals surface area contributed by atoms with E-state index in [9.17, 15) is 4.79 Å². The number of likely N-dealkylation sites (N-methyl/N-ethyl adjacent to an activating group) is 1. The topological polar surface area (TPSA) is 45.5 Å². The highest BCUT2D eigenvalue weighted by Gasteiger charge is 2.21. The zero-order valence-electron chi connectivity index (χ0n) is 15.1. The molecule has 0 aliphatic rings. The summed E-state index contributed by atoms with van der Waals surface area (Å²) in [6, 6.07) is 23.7. The fourth-order valence-electron chi connectivity index (χ4n) is 2.97. The average Bonchev–Trinajstić information content (AvgIpc) is 3.23. The summed E-state index contributed by atoms with van der Waals surface area (Å²) in [5, 5.41) is 3.34. The molecule has 0 saturated heterocycles. The summed E-state index contributed by atoms with van der Waals surface area (Å²) < 4.78 is 5.57. The Hall–Kier alpha value is -2.85. The fourth-order valence-corrected chi connectivity index (χ4v) is 2.97. The van der Waals surface area contributed by atoms with Gasteiger partial charge in [-0.05, 0) is 30.2 Å². The van der Waals surface area contributed by atoms with Gasteiger partial charge in [-0.25, -0.2) is 0 Å². The Balaban J connectivity index is 1.68. The number of hydrogen-bond acceptors (Lipinski definition) is 3. The minimum Gasteiger partial charge on any atom is -0.467 e. The van der Waals surface area contributed by atoms with Gasteiger partial charge in [-0.3, -0.25) is 10.1 Å². The van der Waals surface area contributed by atoms with Gasteiger partial charge in [-0.15, -0.1) is 0 Å². The molecule has 0 aliphatic heterocycles. The monoisotopic (exact) mass is 348 g/mol. The lowest BCUT2D eigenvalue weighted by Crippen LogP contribution is -2.38. The van der Waals surface area contributed by atoms with Crippen LogP contribution in [0.3, 0.4) is 0 Å². The first-order valence-electron chi connectivity index (χ1n) is 8.79. The lowest BCUT2D eigenvalue weighted by molar-refractivity contribution is -0.130. The maximum absolute atomic E-state index is 12.7. The van der Waals surface area contributed by atoms with Crippen LogP contribution in [0.1, 0.15) is 35.9 Å². The van der Waals surface area contributed by atoms with Crippen molar-refractivity contribution in [2.45, 2.75) is 19.0 Å². The molecule has 2 aromatic carbocycles. The smallest absolute Gasteiger partial charge is 0.236 e. The van der Waals surface area contributed by atoms with Crippen molar-refractivity contribution in [3.63, 3.8) is 0 Å². The average molecular weight is 348 g/mol. The third-order valence-electron chi connectivity index (χ3n) is 4.67. The summed E-state index contributed by atoms with van der Waals surface area (Å²) in [6.45, 7) is 2.27. The summed E-state index contributed by atoms with van der Waals surface area (Å²) in [7, 11) is 1.84. The van der Waals surface area contributed by atoms with Crippen LogP contribution >= 0.6 is 0 Å². The predicted octanol–water partition coefficient (Wildman–Crippen LogP) is 4.18. The van der Waals surface area contributed by atoms with Gasteiger partial charge in [0, 0.05) is 7.05 Å². The molecule has 0 saturated carbocycles. The number of nitrogens with zero attached hydrogens (tertiary/aromatic N) is 1. The summed E-state index contributed by atoms with van der Waals surface area (Å²) in [4.78, 5) is 14.5. The van der Waals surface area contributed by atoms with E-state index < -0.39 is 0 Å². The third-order valence-corrected chi connectivity index (χ3v) is 4.67. The number of furan rings is 1. The van der Waals surface area contributed by atoms with Crippen LogP contribution in [-0.2, 0) is 4.79 Å². The largest absolute Gasteiger partial charge is 0.467 e. The Morgan fingerprint density at radius 1 is 0.962 bits per heavy atom. The van der Waals surface area contributed by atoms with Crippen LogP contribution in [0.5, 0.6) is 0 Å². The molecule has 1 aromatic heterocycles. The van der Waals surface area contributed by atoms with E-state index >= 15 is 0 Å². The van der Waals surface area contributed by atoms with Crippen LogP contribution in [0, 0.1) is 0 Å². The van der Waals surface area contributed by atoms with E-state index in [1.165, 1.54) is 0 Å². The molecular weight excluding hydrogens is 324 g/mol. The van der Waals surface area contributed by atoms with Crippen molar-refractivity contribution in [1.82, 2.24) is 10.2 Å². The number of rotatable bonds is 7. The van der Waals surface area contributed by atoms with Crippen LogP contribution in [-0.4, -0.2) is 24.4 Å². The first kappa shape index (κ1) is 18.0. The van der Waals surface area contributed by atoms with Crippen molar-refractivity contribution < 1.29 is 9.21 Å². The standard InChI is InChI=1S/C22H24N2O2/c1-17(18-10-5-3-6-11-18)24(2)21(25)16-23-22(20-14-9-15-26-20)19-12-7-4-8-13-19/h3-15,17,22-23H,16H2,1-2H3/t17-,22+/m1/s1. The molecule has 4 nitrogen and oxygen atoms in total. The highest BCUT2D eigenvalue weighted by molar-refractivity contribution is 5.78. The van der Waals surface area contributed by atoms with Gasteiger partial charge in [0.05, 0.1) is 24.9 Å². The number of hydrogen-bond donors (Lipinski definition) is 1. The number of amides is 1. The summed E-state index contributed by atoms with van der Waals surface area (Å²) >= 11 is 0. The second-order valence-corrected chi connectivity index (χ2v) is 6.33. The van der Waals surface area contributed by atoms with Gasteiger partial charge in [0.2, 0.25) is 5.91 Å². The van der Waals surface area contributed by atoms with E-state index in [2.05, 4.69) is 5.32 Å². The van der Waals surface area contributed by atoms with Crippen LogP contribution in [0.15, 0.2) is 83.5 Å². The second kappa shape index (κ2) is 8.50. The Labute approximate surface area is 154 Å². The lowest BCUT2D eigenvalue weighted by Gasteiger charge is -2.26. The number of carbonyl (C=O) groups excluding carboxylic acids is 1. The number of nitrogens with one attached hydrogen (secondary N) is 1. The molecule has 2 atom stereocenters. The lowest BCUT2D eigenvalue weighted by atomic mass is 10.0. The molecular formula is C22H24N2O2. The van der Waals surface area contributed by atoms with E-state index in [1.54, 1.807) is 11.2 Å². The quantitative estimate of drug-likeness (QED) is 0.697. The molecule has 26 heavy (non-hydrogen) atoms. The molecule has 4 heteroatoms. The Kier molecular flexibility index (Phi) is 5.87. The molecule has 1 N–H and O–H groups in total.